The molecule has 28 heavy (non-hydrogen) atoms. The van der Waals surface area contributed by atoms with E-state index in [2.05, 4.69) is 10.2 Å². The molecule has 0 radical (unpaired) electrons. The molecule has 1 aliphatic heterocycles. The molecule has 10 heteroatoms. The van der Waals surface area contributed by atoms with E-state index in [0.717, 1.165) is 4.40 Å². The third-order valence-corrected chi connectivity index (χ3v) is 5.00. The largest absolute Gasteiger partial charge is 0.454 e. The molecule has 0 saturated heterocycles. The van der Waals surface area contributed by atoms with Crippen molar-refractivity contribution in [3.8, 4) is 22.6 Å². The Morgan fingerprint density at radius 3 is 2.57 bits per heavy atom. The van der Waals surface area contributed by atoms with Crippen LogP contribution in [0.25, 0.3) is 16.8 Å². The molecule has 3 heterocycles. The molecular formula is C18H12F5N3O2. The second-order valence-corrected chi connectivity index (χ2v) is 6.85. The highest BCUT2D eigenvalue weighted by atomic mass is 19.4. The number of alkyl halides is 5. The molecule has 2 aliphatic rings. The van der Waals surface area contributed by atoms with Crippen molar-refractivity contribution in [2.75, 3.05) is 6.79 Å². The molecule has 146 valence electrons. The average molecular weight is 397 g/mol. The first-order valence-electron chi connectivity index (χ1n) is 8.46. The van der Waals surface area contributed by atoms with Gasteiger partial charge in [-0.2, -0.15) is 13.2 Å². The van der Waals surface area contributed by atoms with Gasteiger partial charge in [-0.3, -0.25) is 4.40 Å². The van der Waals surface area contributed by atoms with Gasteiger partial charge in [-0.25, -0.2) is 8.78 Å². The first-order chi connectivity index (χ1) is 13.2. The van der Waals surface area contributed by atoms with Crippen molar-refractivity contribution in [2.45, 2.75) is 24.9 Å². The molecule has 1 unspecified atom stereocenters. The minimum atomic E-state index is -4.72. The molecule has 1 aromatic carbocycles. The van der Waals surface area contributed by atoms with E-state index < -0.39 is 29.2 Å². The lowest BCUT2D eigenvalue weighted by Crippen LogP contribution is -2.11. The molecule has 0 spiro atoms. The summed E-state index contributed by atoms with van der Waals surface area (Å²) >= 11 is 0. The number of aromatic nitrogens is 3. The van der Waals surface area contributed by atoms with Crippen LogP contribution in [0.3, 0.4) is 0 Å². The molecular weight excluding hydrogens is 385 g/mol. The number of benzene rings is 1. The fraction of sp³-hybridized carbons (Fsp3) is 0.333. The maximum absolute atomic E-state index is 13.9. The van der Waals surface area contributed by atoms with Crippen LogP contribution in [0.5, 0.6) is 11.5 Å². The van der Waals surface area contributed by atoms with E-state index in [1.54, 1.807) is 0 Å². The van der Waals surface area contributed by atoms with Crippen LogP contribution >= 0.6 is 0 Å². The molecule has 3 aromatic rings. The minimum Gasteiger partial charge on any atom is -0.454 e. The van der Waals surface area contributed by atoms with E-state index >= 15 is 0 Å². The molecule has 0 bridgehead atoms. The van der Waals surface area contributed by atoms with E-state index in [1.807, 2.05) is 0 Å². The Morgan fingerprint density at radius 2 is 1.86 bits per heavy atom. The summed E-state index contributed by atoms with van der Waals surface area (Å²) in [5.41, 5.74) is -1.22. The topological polar surface area (TPSA) is 48.7 Å². The molecule has 0 amide bonds. The van der Waals surface area contributed by atoms with Gasteiger partial charge in [0.1, 0.15) is 11.4 Å². The van der Waals surface area contributed by atoms with Crippen LogP contribution in [0.4, 0.5) is 22.0 Å². The molecule has 1 aliphatic carbocycles. The Labute approximate surface area is 154 Å². The van der Waals surface area contributed by atoms with Crippen LogP contribution in [-0.2, 0) is 12.6 Å². The predicted molar refractivity (Wildman–Crippen MR) is 86.3 cm³/mol. The monoisotopic (exact) mass is 397 g/mol. The van der Waals surface area contributed by atoms with Crippen LogP contribution < -0.4 is 9.47 Å². The number of rotatable bonds is 3. The highest BCUT2D eigenvalue weighted by Crippen LogP contribution is 2.50. The van der Waals surface area contributed by atoms with Gasteiger partial charge in [0.15, 0.2) is 17.1 Å². The lowest BCUT2D eigenvalue weighted by atomic mass is 10.00. The second-order valence-electron chi connectivity index (χ2n) is 6.85. The normalized spacial score (nSPS) is 20.0. The van der Waals surface area contributed by atoms with E-state index in [0.29, 0.717) is 11.5 Å². The van der Waals surface area contributed by atoms with Gasteiger partial charge in [0.2, 0.25) is 6.79 Å². The first kappa shape index (κ1) is 17.2. The van der Waals surface area contributed by atoms with Gasteiger partial charge >= 0.3 is 6.18 Å². The zero-order valence-corrected chi connectivity index (χ0v) is 14.1. The lowest BCUT2D eigenvalue weighted by Gasteiger charge is -2.14. The molecule has 1 atom stereocenters. The number of hydrogen-bond donors (Lipinski definition) is 0. The molecule has 2 aromatic heterocycles. The van der Waals surface area contributed by atoms with Crippen LogP contribution in [0.1, 0.15) is 17.8 Å². The summed E-state index contributed by atoms with van der Waals surface area (Å²) in [7, 11) is 0. The minimum absolute atomic E-state index is 0.00326. The first-order valence-corrected chi connectivity index (χ1v) is 8.46. The van der Waals surface area contributed by atoms with Gasteiger partial charge in [0.05, 0.1) is 0 Å². The van der Waals surface area contributed by atoms with Gasteiger partial charge in [0, 0.05) is 25.0 Å². The van der Waals surface area contributed by atoms with E-state index in [1.165, 1.54) is 30.5 Å². The Morgan fingerprint density at radius 1 is 1.11 bits per heavy atom. The fourth-order valence-electron chi connectivity index (χ4n) is 3.44. The number of halogens is 5. The third-order valence-electron chi connectivity index (χ3n) is 5.00. The Bertz CT molecular complexity index is 1090. The van der Waals surface area contributed by atoms with E-state index in [4.69, 9.17) is 9.47 Å². The van der Waals surface area contributed by atoms with Gasteiger partial charge in [-0.15, -0.1) is 10.2 Å². The van der Waals surface area contributed by atoms with E-state index in [-0.39, 0.29) is 36.6 Å². The number of fused-ring (bicyclic) bond motifs is 2. The van der Waals surface area contributed by atoms with Gasteiger partial charge in [-0.1, -0.05) is 6.07 Å². The number of hydrogen-bond acceptors (Lipinski definition) is 4. The summed E-state index contributed by atoms with van der Waals surface area (Å²) < 4.78 is 79.6. The standard InChI is InChI=1S/C18H12F5N3O2/c19-17(20)7-10(17)6-14-24-25-16-15(18(21,22)23)11(3-4-26(14)16)9-1-2-12-13(5-9)28-8-27-12/h1-5,10H,6-8H2. The zero-order chi connectivity index (χ0) is 19.7. The van der Waals surface area contributed by atoms with Crippen LogP contribution in [0.2, 0.25) is 0 Å². The van der Waals surface area contributed by atoms with Crippen molar-refractivity contribution in [2.24, 2.45) is 5.92 Å². The zero-order valence-electron chi connectivity index (χ0n) is 14.1. The van der Waals surface area contributed by atoms with Crippen LogP contribution in [-0.4, -0.2) is 27.3 Å². The van der Waals surface area contributed by atoms with Crippen molar-refractivity contribution < 1.29 is 31.4 Å². The number of pyridine rings is 1. The molecule has 5 nitrogen and oxygen atoms in total. The average Bonchev–Trinajstić information content (AvgIpc) is 3.01. The highest BCUT2D eigenvalue weighted by molar-refractivity contribution is 5.76. The van der Waals surface area contributed by atoms with Gasteiger partial charge in [0.25, 0.3) is 5.92 Å². The number of nitrogens with zero attached hydrogens (tertiary/aromatic N) is 3. The predicted octanol–water partition coefficient (Wildman–Crippen LogP) is 4.34. The number of ether oxygens (including phenoxy) is 2. The molecule has 1 saturated carbocycles. The van der Waals surface area contributed by atoms with Crippen LogP contribution in [0.15, 0.2) is 30.5 Å². The maximum Gasteiger partial charge on any atom is 0.420 e. The smallest absolute Gasteiger partial charge is 0.420 e. The lowest BCUT2D eigenvalue weighted by molar-refractivity contribution is -0.136. The fourth-order valence-corrected chi connectivity index (χ4v) is 3.44. The molecule has 5 rings (SSSR count). The third kappa shape index (κ3) is 2.66. The van der Waals surface area contributed by atoms with Crippen molar-refractivity contribution in [1.82, 2.24) is 14.6 Å². The SMILES string of the molecule is FC(F)(F)c1c(-c2ccc3c(c2)OCO3)ccn2c(CC3CC3(F)F)nnc12. The van der Waals surface area contributed by atoms with Crippen molar-refractivity contribution in [3.05, 3.63) is 41.9 Å². The second kappa shape index (κ2) is 5.55. The highest BCUT2D eigenvalue weighted by Gasteiger charge is 2.57. The molecule has 0 N–H and O–H groups in total. The Kier molecular flexibility index (Phi) is 3.41. The Balaban J connectivity index is 1.64. The van der Waals surface area contributed by atoms with Crippen molar-refractivity contribution >= 4 is 5.65 Å². The summed E-state index contributed by atoms with van der Waals surface area (Å²) in [5, 5.41) is 7.41. The summed E-state index contributed by atoms with van der Waals surface area (Å²) in [6.07, 6.45) is -3.76. The summed E-state index contributed by atoms with van der Waals surface area (Å²) in [6.45, 7) is 0.00326. The van der Waals surface area contributed by atoms with Gasteiger partial charge in [-0.05, 0) is 29.3 Å². The van der Waals surface area contributed by atoms with E-state index in [9.17, 15) is 22.0 Å². The Hall–Kier alpha value is -2.91. The van der Waals surface area contributed by atoms with Gasteiger partial charge < -0.3 is 9.47 Å². The summed E-state index contributed by atoms with van der Waals surface area (Å²) in [6, 6.07) is 5.78. The summed E-state index contributed by atoms with van der Waals surface area (Å²) in [5.74, 6) is -2.81. The molecule has 1 fully saturated rings. The van der Waals surface area contributed by atoms with Crippen LogP contribution in [0, 0.1) is 5.92 Å². The quantitative estimate of drug-likeness (QED) is 0.617. The van der Waals surface area contributed by atoms with Crippen molar-refractivity contribution in [1.29, 1.82) is 0 Å². The maximum atomic E-state index is 13.9. The van der Waals surface area contributed by atoms with Crippen molar-refractivity contribution in [3.63, 3.8) is 0 Å². The summed E-state index contributed by atoms with van der Waals surface area (Å²) in [4.78, 5) is 0.